The fourth-order valence-electron chi connectivity index (χ4n) is 2.56. The van der Waals surface area contributed by atoms with E-state index in [0.29, 0.717) is 12.2 Å². The lowest BCUT2D eigenvalue weighted by Gasteiger charge is -2.10. The van der Waals surface area contributed by atoms with E-state index in [9.17, 15) is 5.11 Å². The van der Waals surface area contributed by atoms with Gasteiger partial charge in [-0.05, 0) is 25.5 Å². The third-order valence-corrected chi connectivity index (χ3v) is 3.62. The summed E-state index contributed by atoms with van der Waals surface area (Å²) in [6.45, 7) is 4.40. The van der Waals surface area contributed by atoms with Gasteiger partial charge < -0.3 is 5.11 Å². The highest BCUT2D eigenvalue weighted by molar-refractivity contribution is 5.63. The first-order valence-electron chi connectivity index (χ1n) is 7.37. The molecule has 0 fully saturated rings. The van der Waals surface area contributed by atoms with Crippen LogP contribution in [0.3, 0.4) is 0 Å². The molecular weight excluding hydrogens is 274 g/mol. The first kappa shape index (κ1) is 14.5. The molecule has 3 aromatic rings. The van der Waals surface area contributed by atoms with Crippen molar-refractivity contribution >= 4 is 0 Å². The van der Waals surface area contributed by atoms with E-state index in [0.717, 1.165) is 16.8 Å². The average Bonchev–Trinajstić information content (AvgIpc) is 2.92. The van der Waals surface area contributed by atoms with Crippen LogP contribution in [0.25, 0.3) is 11.3 Å². The number of aliphatic hydroxyl groups excluding tert-OH is 1. The lowest BCUT2D eigenvalue weighted by molar-refractivity contribution is 0.195. The molecule has 0 aliphatic heterocycles. The third-order valence-electron chi connectivity index (χ3n) is 3.62. The maximum Gasteiger partial charge on any atom is 0.119 e. The molecule has 0 spiro atoms. The maximum atomic E-state index is 10.00. The van der Waals surface area contributed by atoms with Crippen LogP contribution < -0.4 is 0 Å². The first-order valence-corrected chi connectivity index (χ1v) is 7.37. The van der Waals surface area contributed by atoms with Crippen molar-refractivity contribution in [2.24, 2.45) is 0 Å². The van der Waals surface area contributed by atoms with Crippen molar-refractivity contribution in [3.8, 4) is 11.3 Å². The molecule has 3 rings (SSSR count). The second kappa shape index (κ2) is 6.12. The fraction of sp³-hybridized carbons (Fsp3) is 0.222. The van der Waals surface area contributed by atoms with Crippen LogP contribution in [0, 0.1) is 6.92 Å². The van der Waals surface area contributed by atoms with Crippen LogP contribution in [0.1, 0.15) is 29.8 Å². The molecule has 1 N–H and O–H groups in total. The van der Waals surface area contributed by atoms with Crippen LogP contribution in [0.2, 0.25) is 0 Å². The van der Waals surface area contributed by atoms with E-state index in [-0.39, 0.29) is 0 Å². The van der Waals surface area contributed by atoms with E-state index in [1.165, 1.54) is 5.56 Å². The van der Waals surface area contributed by atoms with E-state index in [2.05, 4.69) is 41.5 Å². The van der Waals surface area contributed by atoms with Crippen molar-refractivity contribution in [1.82, 2.24) is 15.0 Å². The first-order chi connectivity index (χ1) is 10.6. The van der Waals surface area contributed by atoms with Gasteiger partial charge in [0, 0.05) is 5.56 Å². The van der Waals surface area contributed by atoms with Crippen molar-refractivity contribution in [3.63, 3.8) is 0 Å². The molecule has 4 nitrogen and oxygen atoms in total. The summed E-state index contributed by atoms with van der Waals surface area (Å²) in [6, 6.07) is 18.3. The smallest absolute Gasteiger partial charge is 0.119 e. The van der Waals surface area contributed by atoms with Crippen molar-refractivity contribution in [2.75, 3.05) is 0 Å². The Morgan fingerprint density at radius 1 is 1.09 bits per heavy atom. The average molecular weight is 293 g/mol. The summed E-state index contributed by atoms with van der Waals surface area (Å²) in [7, 11) is 0. The molecule has 22 heavy (non-hydrogen) atoms. The fourth-order valence-corrected chi connectivity index (χ4v) is 2.56. The molecule has 1 aromatic heterocycles. The zero-order chi connectivity index (χ0) is 15.5. The quantitative estimate of drug-likeness (QED) is 0.802. The number of benzene rings is 2. The molecular formula is C18H19N3O. The molecule has 0 saturated heterocycles. The molecule has 0 aliphatic rings. The molecule has 0 amide bonds. The predicted molar refractivity (Wildman–Crippen MR) is 86.4 cm³/mol. The van der Waals surface area contributed by atoms with Crippen LogP contribution >= 0.6 is 0 Å². The van der Waals surface area contributed by atoms with Gasteiger partial charge in [-0.2, -0.15) is 0 Å². The zero-order valence-electron chi connectivity index (χ0n) is 12.8. The molecule has 112 valence electrons. The normalized spacial score (nSPS) is 12.3. The van der Waals surface area contributed by atoms with E-state index < -0.39 is 6.10 Å². The third kappa shape index (κ3) is 2.92. The molecule has 4 heteroatoms. The summed E-state index contributed by atoms with van der Waals surface area (Å²) in [5, 5.41) is 18.4. The summed E-state index contributed by atoms with van der Waals surface area (Å²) >= 11 is 0. The van der Waals surface area contributed by atoms with Crippen LogP contribution in [0.5, 0.6) is 0 Å². The second-order valence-corrected chi connectivity index (χ2v) is 5.51. The highest BCUT2D eigenvalue weighted by Crippen LogP contribution is 2.27. The maximum absolute atomic E-state index is 10.00. The zero-order valence-corrected chi connectivity index (χ0v) is 12.8. The summed E-state index contributed by atoms with van der Waals surface area (Å²) < 4.78 is 1.85. The van der Waals surface area contributed by atoms with Crippen LogP contribution in [0.15, 0.2) is 54.6 Å². The molecule has 0 aliphatic carbocycles. The molecule has 1 unspecified atom stereocenters. The SMILES string of the molecule is Cc1cccc(-c2c(C(C)O)nnn2Cc2ccccc2)c1. The standard InChI is InChI=1S/C18H19N3O/c1-13-7-6-10-16(11-13)18-17(14(2)22)19-20-21(18)12-15-8-4-3-5-9-15/h3-11,14,22H,12H2,1-2H3. The Morgan fingerprint density at radius 3 is 2.55 bits per heavy atom. The van der Waals surface area contributed by atoms with Gasteiger partial charge in [0.2, 0.25) is 0 Å². The Bertz CT molecular complexity index is 763. The van der Waals surface area contributed by atoms with E-state index in [1.807, 2.05) is 35.0 Å². The van der Waals surface area contributed by atoms with Gasteiger partial charge in [-0.3, -0.25) is 0 Å². The Balaban J connectivity index is 2.08. The largest absolute Gasteiger partial charge is 0.387 e. The van der Waals surface area contributed by atoms with Crippen molar-refractivity contribution < 1.29 is 5.11 Å². The van der Waals surface area contributed by atoms with Gasteiger partial charge in [-0.15, -0.1) is 5.10 Å². The summed E-state index contributed by atoms with van der Waals surface area (Å²) in [6.07, 6.45) is -0.653. The van der Waals surface area contributed by atoms with Gasteiger partial charge in [0.25, 0.3) is 0 Å². The highest BCUT2D eigenvalue weighted by Gasteiger charge is 2.18. The van der Waals surface area contributed by atoms with Gasteiger partial charge in [0.1, 0.15) is 5.69 Å². The van der Waals surface area contributed by atoms with Crippen molar-refractivity contribution in [1.29, 1.82) is 0 Å². The Morgan fingerprint density at radius 2 is 1.86 bits per heavy atom. The Kier molecular flexibility index (Phi) is 4.02. The second-order valence-electron chi connectivity index (χ2n) is 5.51. The number of aromatic nitrogens is 3. The number of hydrogen-bond donors (Lipinski definition) is 1. The minimum absolute atomic E-state index is 0.613. The van der Waals surface area contributed by atoms with Crippen molar-refractivity contribution in [3.05, 3.63) is 71.4 Å². The molecule has 2 aromatic carbocycles. The Hall–Kier alpha value is -2.46. The topological polar surface area (TPSA) is 50.9 Å². The number of aliphatic hydroxyl groups is 1. The lowest BCUT2D eigenvalue weighted by Crippen LogP contribution is -2.05. The highest BCUT2D eigenvalue weighted by atomic mass is 16.3. The number of hydrogen-bond acceptors (Lipinski definition) is 3. The number of rotatable bonds is 4. The van der Waals surface area contributed by atoms with Crippen LogP contribution in [0.4, 0.5) is 0 Å². The van der Waals surface area contributed by atoms with Crippen LogP contribution in [-0.2, 0) is 6.54 Å². The molecule has 0 radical (unpaired) electrons. The van der Waals surface area contributed by atoms with E-state index >= 15 is 0 Å². The molecule has 1 heterocycles. The van der Waals surface area contributed by atoms with Gasteiger partial charge in [0.15, 0.2) is 0 Å². The van der Waals surface area contributed by atoms with E-state index in [4.69, 9.17) is 0 Å². The van der Waals surface area contributed by atoms with Crippen molar-refractivity contribution in [2.45, 2.75) is 26.5 Å². The molecule has 0 bridgehead atoms. The summed E-state index contributed by atoms with van der Waals surface area (Å²) in [4.78, 5) is 0. The molecule has 1 atom stereocenters. The van der Waals surface area contributed by atoms with Gasteiger partial charge in [0.05, 0.1) is 18.3 Å². The summed E-state index contributed by atoms with van der Waals surface area (Å²) in [5.41, 5.74) is 4.83. The van der Waals surface area contributed by atoms with Gasteiger partial charge in [-0.1, -0.05) is 59.3 Å². The minimum Gasteiger partial charge on any atom is -0.387 e. The summed E-state index contributed by atoms with van der Waals surface area (Å²) in [5.74, 6) is 0. The van der Waals surface area contributed by atoms with Gasteiger partial charge in [-0.25, -0.2) is 4.68 Å². The van der Waals surface area contributed by atoms with Gasteiger partial charge >= 0.3 is 0 Å². The Labute approximate surface area is 130 Å². The minimum atomic E-state index is -0.653. The monoisotopic (exact) mass is 293 g/mol. The lowest BCUT2D eigenvalue weighted by atomic mass is 10.0. The number of nitrogens with zero attached hydrogens (tertiary/aromatic N) is 3. The van der Waals surface area contributed by atoms with E-state index in [1.54, 1.807) is 6.92 Å². The van der Waals surface area contributed by atoms with Crippen LogP contribution in [-0.4, -0.2) is 20.1 Å². The predicted octanol–water partition coefficient (Wildman–Crippen LogP) is 3.36. The number of aryl methyl sites for hydroxylation is 1. The molecule has 0 saturated carbocycles.